The number of sulfonamides is 1. The van der Waals surface area contributed by atoms with Gasteiger partial charge >= 0.3 is 0 Å². The van der Waals surface area contributed by atoms with E-state index >= 15 is 0 Å². The van der Waals surface area contributed by atoms with Gasteiger partial charge in [-0.3, -0.25) is 14.9 Å². The van der Waals surface area contributed by atoms with Crippen molar-refractivity contribution in [2.45, 2.75) is 72.4 Å². The van der Waals surface area contributed by atoms with Crippen LogP contribution in [0.5, 0.6) is 0 Å². The van der Waals surface area contributed by atoms with Crippen LogP contribution in [0.25, 0.3) is 5.57 Å². The molecule has 8 nitrogen and oxygen atoms in total. The highest BCUT2D eigenvalue weighted by Crippen LogP contribution is 2.37. The zero-order valence-electron chi connectivity index (χ0n) is 22.6. The van der Waals surface area contributed by atoms with Gasteiger partial charge in [0.15, 0.2) is 0 Å². The summed E-state index contributed by atoms with van der Waals surface area (Å²) in [5.41, 5.74) is 2.36. The molecular weight excluding hydrogens is 558 g/mol. The number of hydrogen-bond acceptors (Lipinski definition) is 7. The van der Waals surface area contributed by atoms with Crippen molar-refractivity contribution in [3.63, 3.8) is 0 Å². The molecular formula is C31H33N3O5S2. The van der Waals surface area contributed by atoms with Crippen LogP contribution in [0.4, 0.5) is 11.4 Å². The van der Waals surface area contributed by atoms with Crippen molar-refractivity contribution in [3.8, 4) is 0 Å². The van der Waals surface area contributed by atoms with Crippen LogP contribution < -0.4 is 10.0 Å². The van der Waals surface area contributed by atoms with E-state index in [2.05, 4.69) is 28.2 Å². The van der Waals surface area contributed by atoms with E-state index in [9.17, 15) is 23.3 Å². The fourth-order valence-electron chi connectivity index (χ4n) is 5.40. The second-order valence-electron chi connectivity index (χ2n) is 10.4. The summed E-state index contributed by atoms with van der Waals surface area (Å²) in [4.78, 5) is 25.0. The van der Waals surface area contributed by atoms with Crippen molar-refractivity contribution in [2.24, 2.45) is 0 Å². The maximum absolute atomic E-state index is 13.1. The van der Waals surface area contributed by atoms with E-state index in [-0.39, 0.29) is 33.1 Å². The monoisotopic (exact) mass is 591 g/mol. The van der Waals surface area contributed by atoms with E-state index in [1.54, 1.807) is 23.9 Å². The number of benzene rings is 3. The number of nitrogens with one attached hydrogen (secondary N) is 2. The van der Waals surface area contributed by atoms with Crippen LogP contribution in [0, 0.1) is 10.1 Å². The highest BCUT2D eigenvalue weighted by atomic mass is 32.2. The number of nitrogens with zero attached hydrogens (tertiary/aromatic N) is 1. The van der Waals surface area contributed by atoms with E-state index in [1.807, 2.05) is 30.3 Å². The van der Waals surface area contributed by atoms with Crippen LogP contribution in [0.1, 0.15) is 67.3 Å². The molecule has 1 fully saturated rings. The number of carbonyl (C=O) groups is 1. The van der Waals surface area contributed by atoms with Crippen LogP contribution >= 0.6 is 11.8 Å². The molecule has 0 spiro atoms. The summed E-state index contributed by atoms with van der Waals surface area (Å²) in [6.45, 7) is 0. The first-order valence-electron chi connectivity index (χ1n) is 13.9. The lowest BCUT2D eigenvalue weighted by Gasteiger charge is -2.32. The first-order chi connectivity index (χ1) is 19.8. The molecule has 2 aliphatic carbocycles. The maximum Gasteiger partial charge on any atom is 0.293 e. The highest BCUT2D eigenvalue weighted by Gasteiger charge is 2.29. The average Bonchev–Trinajstić information content (AvgIpc) is 2.99. The minimum atomic E-state index is -4.34. The second kappa shape index (κ2) is 12.9. The summed E-state index contributed by atoms with van der Waals surface area (Å²) < 4.78 is 28.2. The van der Waals surface area contributed by atoms with Crippen LogP contribution in [-0.2, 0) is 10.0 Å². The second-order valence-corrected chi connectivity index (χ2v) is 13.4. The molecule has 0 bridgehead atoms. The molecule has 0 aromatic heterocycles. The molecule has 2 aliphatic rings. The molecule has 10 heteroatoms. The van der Waals surface area contributed by atoms with Crippen LogP contribution in [0.3, 0.4) is 0 Å². The number of anilines is 1. The van der Waals surface area contributed by atoms with Gasteiger partial charge in [-0.25, -0.2) is 13.1 Å². The molecule has 5 rings (SSSR count). The lowest BCUT2D eigenvalue weighted by atomic mass is 9.93. The van der Waals surface area contributed by atoms with Gasteiger partial charge in [-0.05, 0) is 86.1 Å². The molecule has 214 valence electrons. The third-order valence-corrected chi connectivity index (χ3v) is 10.3. The van der Waals surface area contributed by atoms with Crippen molar-refractivity contribution in [3.05, 3.63) is 100 Å². The summed E-state index contributed by atoms with van der Waals surface area (Å²) in [5.74, 6) is -0.790. The third-order valence-electron chi connectivity index (χ3n) is 7.59. The molecule has 1 amide bonds. The van der Waals surface area contributed by atoms with Crippen molar-refractivity contribution in [1.29, 1.82) is 0 Å². The van der Waals surface area contributed by atoms with Crippen molar-refractivity contribution >= 4 is 44.6 Å². The van der Waals surface area contributed by atoms with Gasteiger partial charge < -0.3 is 5.32 Å². The number of carbonyl (C=O) groups excluding carboxylic acids is 1. The number of allylic oxidation sites excluding steroid dienone is 2. The van der Waals surface area contributed by atoms with E-state index in [4.69, 9.17) is 0 Å². The van der Waals surface area contributed by atoms with E-state index < -0.39 is 20.9 Å². The van der Waals surface area contributed by atoms with Crippen molar-refractivity contribution in [2.75, 3.05) is 5.32 Å². The Morgan fingerprint density at radius 2 is 1.68 bits per heavy atom. The average molecular weight is 592 g/mol. The Morgan fingerprint density at radius 1 is 0.927 bits per heavy atom. The van der Waals surface area contributed by atoms with E-state index in [0.29, 0.717) is 0 Å². The van der Waals surface area contributed by atoms with Crippen LogP contribution in [0.2, 0.25) is 0 Å². The third kappa shape index (κ3) is 7.18. The topological polar surface area (TPSA) is 118 Å². The van der Waals surface area contributed by atoms with Gasteiger partial charge in [-0.2, -0.15) is 0 Å². The Morgan fingerprint density at radius 3 is 2.39 bits per heavy atom. The Labute approximate surface area is 244 Å². The van der Waals surface area contributed by atoms with Crippen LogP contribution in [-0.4, -0.2) is 30.5 Å². The van der Waals surface area contributed by atoms with Crippen molar-refractivity contribution < 1.29 is 18.1 Å². The largest absolute Gasteiger partial charge is 0.376 e. The molecule has 3 aromatic rings. The Bertz CT molecular complexity index is 1540. The van der Waals surface area contributed by atoms with Gasteiger partial charge in [0.1, 0.15) is 5.69 Å². The number of nitro benzene ring substituents is 1. The summed E-state index contributed by atoms with van der Waals surface area (Å²) >= 11 is 1.75. The van der Waals surface area contributed by atoms with E-state index in [1.165, 1.54) is 24.1 Å². The predicted octanol–water partition coefficient (Wildman–Crippen LogP) is 7.19. The molecule has 41 heavy (non-hydrogen) atoms. The molecule has 0 aliphatic heterocycles. The van der Waals surface area contributed by atoms with Gasteiger partial charge in [0.2, 0.25) is 0 Å². The maximum atomic E-state index is 13.1. The SMILES string of the molecule is O=C(NS(=O)(=O)c1ccc(N[C@@H]2CCCC[C@H]2Sc2ccccc2)c([N+](=O)[O-])c1)c1ccc(C2=CCCCC2)cc1. The van der Waals surface area contributed by atoms with Crippen molar-refractivity contribution in [1.82, 2.24) is 4.72 Å². The minimum Gasteiger partial charge on any atom is -0.376 e. The van der Waals surface area contributed by atoms with Gasteiger partial charge in [0.05, 0.1) is 9.82 Å². The fraction of sp³-hybridized carbons (Fsp3) is 0.323. The standard InChI is InChI=1S/C31H33N3O5S2/c35-31(24-17-15-23(16-18-24)22-9-3-1-4-10-22)33-41(38,39)26-19-20-27(29(21-26)34(36)37)32-28-13-7-8-14-30(28)40-25-11-5-2-6-12-25/h2,5-6,9,11-12,15-21,28,30,32H,1,3-4,7-8,10,13-14H2,(H,33,35)/t28-,30-/m1/s1. The zero-order valence-corrected chi connectivity index (χ0v) is 24.3. The number of hydrogen-bond donors (Lipinski definition) is 2. The summed E-state index contributed by atoms with van der Waals surface area (Å²) in [7, 11) is -4.34. The Hall–Kier alpha value is -3.63. The normalized spacial score (nSPS) is 19.2. The molecule has 2 atom stereocenters. The summed E-state index contributed by atoms with van der Waals surface area (Å²) in [5, 5.41) is 15.5. The first-order valence-corrected chi connectivity index (χ1v) is 16.3. The number of thioether (sulfide) groups is 1. The molecule has 1 saturated carbocycles. The molecule has 0 radical (unpaired) electrons. The van der Waals surface area contributed by atoms with Gasteiger partial charge in [0, 0.05) is 27.8 Å². The van der Waals surface area contributed by atoms with Gasteiger partial charge in [-0.1, -0.05) is 49.2 Å². The summed E-state index contributed by atoms with van der Waals surface area (Å²) in [6, 6.07) is 20.6. The molecule has 0 unspecified atom stereocenters. The summed E-state index contributed by atoms with van der Waals surface area (Å²) in [6.07, 6.45) is 10.4. The highest BCUT2D eigenvalue weighted by molar-refractivity contribution is 8.00. The molecule has 0 saturated heterocycles. The zero-order chi connectivity index (χ0) is 28.8. The molecule has 3 aromatic carbocycles. The smallest absolute Gasteiger partial charge is 0.293 e. The first kappa shape index (κ1) is 28.9. The van der Waals surface area contributed by atoms with Gasteiger partial charge in [-0.15, -0.1) is 11.8 Å². The number of nitro groups is 1. The Kier molecular flexibility index (Phi) is 9.09. The molecule has 0 heterocycles. The number of amides is 1. The van der Waals surface area contributed by atoms with Gasteiger partial charge in [0.25, 0.3) is 21.6 Å². The minimum absolute atomic E-state index is 0.0119. The van der Waals surface area contributed by atoms with E-state index in [0.717, 1.165) is 61.5 Å². The Balaban J connectivity index is 1.30. The predicted molar refractivity (Wildman–Crippen MR) is 163 cm³/mol. The molecule has 2 N–H and O–H groups in total. The fourth-order valence-corrected chi connectivity index (χ4v) is 7.71. The lowest BCUT2D eigenvalue weighted by Crippen LogP contribution is -2.34. The van der Waals surface area contributed by atoms with Crippen LogP contribution in [0.15, 0.2) is 88.7 Å². The number of rotatable bonds is 9. The lowest BCUT2D eigenvalue weighted by molar-refractivity contribution is -0.384. The quantitative estimate of drug-likeness (QED) is 0.200.